The maximum atomic E-state index is 13.4. The molecule has 0 saturated carbocycles. The van der Waals surface area contributed by atoms with E-state index < -0.39 is 5.82 Å². The fourth-order valence-electron chi connectivity index (χ4n) is 2.08. The predicted octanol–water partition coefficient (Wildman–Crippen LogP) is 4.29. The van der Waals surface area contributed by atoms with E-state index in [1.54, 1.807) is 6.07 Å². The first kappa shape index (κ1) is 14.8. The lowest BCUT2D eigenvalue weighted by Crippen LogP contribution is -2.26. The molecule has 3 nitrogen and oxygen atoms in total. The van der Waals surface area contributed by atoms with Gasteiger partial charge < -0.3 is 9.73 Å². The molecule has 0 aliphatic heterocycles. The molecule has 1 unspecified atom stereocenters. The summed E-state index contributed by atoms with van der Waals surface area (Å²) in [7, 11) is 0. The number of nitrogens with one attached hydrogen (secondary N) is 1. The first-order valence-electron chi connectivity index (χ1n) is 6.21. The number of furan rings is 1. The van der Waals surface area contributed by atoms with Gasteiger partial charge in [0, 0.05) is 11.1 Å². The summed E-state index contributed by atoms with van der Waals surface area (Å²) in [5.74, 6) is 0.799. The fourth-order valence-corrected chi connectivity index (χ4v) is 2.32. The van der Waals surface area contributed by atoms with Crippen LogP contribution in [0.3, 0.4) is 0 Å². The summed E-state index contributed by atoms with van der Waals surface area (Å²) in [4.78, 5) is 12.1. The molecule has 0 aliphatic rings. The molecule has 0 radical (unpaired) electrons. The van der Waals surface area contributed by atoms with Gasteiger partial charge in [-0.25, -0.2) is 4.39 Å². The van der Waals surface area contributed by atoms with Crippen LogP contribution in [0.4, 0.5) is 4.39 Å². The summed E-state index contributed by atoms with van der Waals surface area (Å²) in [5, 5.41) is 2.83. The van der Waals surface area contributed by atoms with E-state index in [1.807, 2.05) is 26.8 Å². The lowest BCUT2D eigenvalue weighted by Gasteiger charge is -2.13. The van der Waals surface area contributed by atoms with Gasteiger partial charge in [-0.2, -0.15) is 0 Å². The Kier molecular flexibility index (Phi) is 4.28. The van der Waals surface area contributed by atoms with Crippen molar-refractivity contribution in [1.82, 2.24) is 5.32 Å². The van der Waals surface area contributed by atoms with Gasteiger partial charge in [0.25, 0.3) is 5.91 Å². The number of hydrogen-bond acceptors (Lipinski definition) is 2. The van der Waals surface area contributed by atoms with Gasteiger partial charge in [-0.1, -0.05) is 0 Å². The number of benzene rings is 1. The van der Waals surface area contributed by atoms with Crippen LogP contribution in [0.25, 0.3) is 0 Å². The molecule has 1 N–H and O–H groups in total. The highest BCUT2D eigenvalue weighted by molar-refractivity contribution is 9.10. The Morgan fingerprint density at radius 3 is 2.60 bits per heavy atom. The van der Waals surface area contributed by atoms with Gasteiger partial charge in [-0.05, 0) is 61.0 Å². The maximum absolute atomic E-state index is 13.4. The van der Waals surface area contributed by atoms with Gasteiger partial charge in [-0.3, -0.25) is 4.79 Å². The maximum Gasteiger partial charge on any atom is 0.251 e. The third-order valence-electron chi connectivity index (χ3n) is 3.08. The van der Waals surface area contributed by atoms with Crippen LogP contribution < -0.4 is 5.32 Å². The molecule has 0 spiro atoms. The molecule has 1 aromatic carbocycles. The molecular formula is C15H15BrFNO2. The first-order chi connectivity index (χ1) is 9.38. The summed E-state index contributed by atoms with van der Waals surface area (Å²) in [6.07, 6.45) is 0. The molecule has 1 aromatic heterocycles. The minimum atomic E-state index is -0.458. The minimum Gasteiger partial charge on any atom is -0.466 e. The molecule has 106 valence electrons. The summed E-state index contributed by atoms with van der Waals surface area (Å²) < 4.78 is 19.2. The topological polar surface area (TPSA) is 42.2 Å². The van der Waals surface area contributed by atoms with Crippen LogP contribution in [-0.4, -0.2) is 5.91 Å². The third-order valence-corrected chi connectivity index (χ3v) is 3.72. The Labute approximate surface area is 125 Å². The molecule has 0 bridgehead atoms. The van der Waals surface area contributed by atoms with Crippen LogP contribution in [0.2, 0.25) is 0 Å². The Morgan fingerprint density at radius 1 is 1.35 bits per heavy atom. The Morgan fingerprint density at radius 2 is 2.05 bits per heavy atom. The highest BCUT2D eigenvalue weighted by atomic mass is 79.9. The molecule has 20 heavy (non-hydrogen) atoms. The fraction of sp³-hybridized carbons (Fsp3) is 0.267. The van der Waals surface area contributed by atoms with Crippen molar-refractivity contribution >= 4 is 21.8 Å². The molecule has 0 aliphatic carbocycles. The quantitative estimate of drug-likeness (QED) is 0.906. The second-order valence-corrected chi connectivity index (χ2v) is 5.55. The van der Waals surface area contributed by atoms with E-state index in [4.69, 9.17) is 4.42 Å². The average molecular weight is 340 g/mol. The molecule has 2 rings (SSSR count). The zero-order valence-corrected chi connectivity index (χ0v) is 13.0. The summed E-state index contributed by atoms with van der Waals surface area (Å²) in [6, 6.07) is 5.99. The SMILES string of the molecule is Cc1cc(C(C)NC(=O)c2ccc(Br)c(F)c2)c(C)o1. The number of rotatable bonds is 3. The Hall–Kier alpha value is -1.62. The van der Waals surface area contributed by atoms with E-state index in [-0.39, 0.29) is 17.5 Å². The normalized spacial score (nSPS) is 12.2. The predicted molar refractivity (Wildman–Crippen MR) is 78.2 cm³/mol. The number of aryl methyl sites for hydroxylation is 2. The standard InChI is InChI=1S/C15H15BrFNO2/c1-8-6-12(10(3)20-8)9(2)18-15(19)11-4-5-13(16)14(17)7-11/h4-7,9H,1-3H3,(H,18,19). The monoisotopic (exact) mass is 339 g/mol. The first-order valence-corrected chi connectivity index (χ1v) is 7.00. The molecule has 1 heterocycles. The molecular weight excluding hydrogens is 325 g/mol. The summed E-state index contributed by atoms with van der Waals surface area (Å²) >= 11 is 3.06. The van der Waals surface area contributed by atoms with Gasteiger partial charge in [0.05, 0.1) is 10.5 Å². The number of carbonyl (C=O) groups is 1. The van der Waals surface area contributed by atoms with Gasteiger partial charge >= 0.3 is 0 Å². The van der Waals surface area contributed by atoms with Crippen LogP contribution in [0.15, 0.2) is 33.2 Å². The van der Waals surface area contributed by atoms with E-state index in [0.29, 0.717) is 4.47 Å². The highest BCUT2D eigenvalue weighted by Gasteiger charge is 2.16. The van der Waals surface area contributed by atoms with Crippen LogP contribution in [0, 0.1) is 19.7 Å². The lowest BCUT2D eigenvalue weighted by molar-refractivity contribution is 0.0939. The summed E-state index contributed by atoms with van der Waals surface area (Å²) in [6.45, 7) is 5.57. The van der Waals surface area contributed by atoms with Crippen LogP contribution in [0.1, 0.15) is 40.4 Å². The van der Waals surface area contributed by atoms with E-state index >= 15 is 0 Å². The molecule has 1 atom stereocenters. The average Bonchev–Trinajstić information content (AvgIpc) is 2.71. The minimum absolute atomic E-state index is 0.202. The largest absolute Gasteiger partial charge is 0.466 e. The second kappa shape index (κ2) is 5.79. The zero-order valence-electron chi connectivity index (χ0n) is 11.5. The van der Waals surface area contributed by atoms with Gasteiger partial charge in [-0.15, -0.1) is 0 Å². The van der Waals surface area contributed by atoms with E-state index in [1.165, 1.54) is 12.1 Å². The highest BCUT2D eigenvalue weighted by Crippen LogP contribution is 2.22. The van der Waals surface area contributed by atoms with Crippen molar-refractivity contribution in [1.29, 1.82) is 0 Å². The number of halogens is 2. The van der Waals surface area contributed by atoms with Crippen LogP contribution in [-0.2, 0) is 0 Å². The number of hydrogen-bond donors (Lipinski definition) is 1. The molecule has 1 amide bonds. The second-order valence-electron chi connectivity index (χ2n) is 4.69. The van der Waals surface area contributed by atoms with Crippen molar-refractivity contribution in [3.63, 3.8) is 0 Å². The number of carbonyl (C=O) groups excluding carboxylic acids is 1. The molecule has 2 aromatic rings. The van der Waals surface area contributed by atoms with Crippen molar-refractivity contribution in [2.45, 2.75) is 26.8 Å². The Bertz CT molecular complexity index is 651. The summed E-state index contributed by atoms with van der Waals surface area (Å²) in [5.41, 5.74) is 1.21. The Balaban J connectivity index is 2.15. The van der Waals surface area contributed by atoms with Crippen molar-refractivity contribution in [2.75, 3.05) is 0 Å². The molecule has 0 saturated heterocycles. The van der Waals surface area contributed by atoms with Gasteiger partial charge in [0.15, 0.2) is 0 Å². The molecule has 5 heteroatoms. The number of amides is 1. The van der Waals surface area contributed by atoms with Crippen molar-refractivity contribution in [3.8, 4) is 0 Å². The van der Waals surface area contributed by atoms with E-state index in [2.05, 4.69) is 21.2 Å². The van der Waals surface area contributed by atoms with Gasteiger partial charge in [0.2, 0.25) is 0 Å². The van der Waals surface area contributed by atoms with Crippen LogP contribution >= 0.6 is 15.9 Å². The van der Waals surface area contributed by atoms with E-state index in [0.717, 1.165) is 17.1 Å². The molecule has 0 fully saturated rings. The van der Waals surface area contributed by atoms with Gasteiger partial charge in [0.1, 0.15) is 17.3 Å². The lowest BCUT2D eigenvalue weighted by atomic mass is 10.1. The van der Waals surface area contributed by atoms with Crippen molar-refractivity contribution in [3.05, 3.63) is 57.2 Å². The van der Waals surface area contributed by atoms with Crippen LogP contribution in [0.5, 0.6) is 0 Å². The zero-order chi connectivity index (χ0) is 14.9. The third kappa shape index (κ3) is 3.10. The van der Waals surface area contributed by atoms with Crippen molar-refractivity contribution in [2.24, 2.45) is 0 Å². The smallest absolute Gasteiger partial charge is 0.251 e. The van der Waals surface area contributed by atoms with Crippen molar-refractivity contribution < 1.29 is 13.6 Å². The van der Waals surface area contributed by atoms with E-state index in [9.17, 15) is 9.18 Å².